The third-order valence-corrected chi connectivity index (χ3v) is 9.13. The molecule has 0 spiro atoms. The Morgan fingerprint density at radius 1 is 1.12 bits per heavy atom. The SMILES string of the molecule is CC(C)(C)CCNC(=N)N(C(=O)c1ccc(-c2cnsc2)cc1)[C@H](COC(=O)NC1(C(F)(F)F)CC1)c1ccc(Cl)c(-c2ncnn2C(F)F)c1. The van der Waals surface area contributed by atoms with Crippen molar-refractivity contribution >= 4 is 41.1 Å². The molecule has 1 fully saturated rings. The second-order valence-electron chi connectivity index (χ2n) is 13.1. The van der Waals surface area contributed by atoms with E-state index in [1.807, 2.05) is 31.5 Å². The smallest absolute Gasteiger partial charge is 0.411 e. The Bertz CT molecular complexity index is 1860. The maximum atomic E-state index is 14.4. The molecule has 1 atom stereocenters. The molecule has 2 aromatic carbocycles. The van der Waals surface area contributed by atoms with Crippen molar-refractivity contribution in [1.29, 1.82) is 5.41 Å². The van der Waals surface area contributed by atoms with Crippen LogP contribution in [-0.2, 0) is 4.74 Å². The van der Waals surface area contributed by atoms with Crippen LogP contribution in [0.15, 0.2) is 60.4 Å². The van der Waals surface area contributed by atoms with Crippen LogP contribution >= 0.6 is 23.1 Å². The molecule has 1 aliphatic carbocycles. The standard InChI is InChI=1S/C33H34ClF5N8O3S/c1-31(2,3)12-13-41-29(40)46(27(48)20-6-4-19(5-7-20)22-15-44-51-17-22)25(16-50-30(49)45-32(10-11-32)33(37,38)39)21-8-9-24(34)23(14-21)26-42-18-43-47(26)28(35)36/h4-9,14-15,17-18,25,28H,10-13,16H2,1-3H3,(H2,40,41)(H,45,49)/t25-/m1/s1. The number of alkyl carbamates (subject to hydrolysis) is 1. The largest absolute Gasteiger partial charge is 0.447 e. The fourth-order valence-corrected chi connectivity index (χ4v) is 5.90. The van der Waals surface area contributed by atoms with Gasteiger partial charge in [0, 0.05) is 34.8 Å². The summed E-state index contributed by atoms with van der Waals surface area (Å²) in [5.74, 6) is -1.45. The molecular formula is C33H34ClF5N8O3S. The van der Waals surface area contributed by atoms with Crippen LogP contribution in [0.5, 0.6) is 0 Å². The van der Waals surface area contributed by atoms with E-state index in [1.54, 1.807) is 18.3 Å². The molecule has 272 valence electrons. The second-order valence-corrected chi connectivity index (χ2v) is 14.2. The highest BCUT2D eigenvalue weighted by atomic mass is 35.5. The Labute approximate surface area is 298 Å². The highest BCUT2D eigenvalue weighted by molar-refractivity contribution is 7.03. The molecule has 0 saturated heterocycles. The number of nitrogens with zero attached hydrogens (tertiary/aromatic N) is 5. The third kappa shape index (κ3) is 8.81. The Balaban J connectivity index is 1.56. The number of guanidine groups is 1. The first-order valence-electron chi connectivity index (χ1n) is 15.6. The highest BCUT2D eigenvalue weighted by Gasteiger charge is 2.64. The number of rotatable bonds is 11. The van der Waals surface area contributed by atoms with Gasteiger partial charge in [-0.25, -0.2) is 14.2 Å². The average Bonchev–Trinajstić information content (AvgIpc) is 3.43. The number of nitrogens with one attached hydrogen (secondary N) is 3. The predicted octanol–water partition coefficient (Wildman–Crippen LogP) is 8.08. The molecule has 1 aliphatic rings. The molecule has 2 amide bonds. The van der Waals surface area contributed by atoms with Crippen molar-refractivity contribution in [1.82, 2.24) is 34.7 Å². The third-order valence-electron chi connectivity index (χ3n) is 8.22. The zero-order chi connectivity index (χ0) is 37.1. The van der Waals surface area contributed by atoms with E-state index < -0.39 is 48.9 Å². The zero-order valence-electron chi connectivity index (χ0n) is 27.6. The fourth-order valence-electron chi connectivity index (χ4n) is 5.15. The zero-order valence-corrected chi connectivity index (χ0v) is 29.2. The second kappa shape index (κ2) is 14.9. The molecule has 2 heterocycles. The lowest BCUT2D eigenvalue weighted by Crippen LogP contribution is -2.50. The first-order valence-corrected chi connectivity index (χ1v) is 16.9. The average molecular weight is 753 g/mol. The molecule has 0 unspecified atom stereocenters. The predicted molar refractivity (Wildman–Crippen MR) is 180 cm³/mol. The summed E-state index contributed by atoms with van der Waals surface area (Å²) in [5.41, 5.74) is -0.753. The van der Waals surface area contributed by atoms with Gasteiger partial charge < -0.3 is 15.4 Å². The molecule has 0 aliphatic heterocycles. The molecule has 1 saturated carbocycles. The van der Waals surface area contributed by atoms with Crippen LogP contribution in [0.2, 0.25) is 5.02 Å². The minimum absolute atomic E-state index is 0.0123. The fraction of sp³-hybridized carbons (Fsp3) is 0.394. The van der Waals surface area contributed by atoms with Gasteiger partial charge in [-0.3, -0.25) is 15.1 Å². The van der Waals surface area contributed by atoms with E-state index in [2.05, 4.69) is 19.8 Å². The van der Waals surface area contributed by atoms with Crippen molar-refractivity contribution in [2.24, 2.45) is 5.41 Å². The van der Waals surface area contributed by atoms with Gasteiger partial charge in [0.1, 0.15) is 18.5 Å². The summed E-state index contributed by atoms with van der Waals surface area (Å²) in [4.78, 5) is 32.1. The lowest BCUT2D eigenvalue weighted by Gasteiger charge is -2.33. The number of hydrogen-bond donors (Lipinski definition) is 3. The number of amides is 2. The maximum absolute atomic E-state index is 14.4. The molecule has 51 heavy (non-hydrogen) atoms. The number of carbonyl (C=O) groups excluding carboxylic acids is 2. The van der Waals surface area contributed by atoms with E-state index in [0.717, 1.165) is 22.4 Å². The lowest BCUT2D eigenvalue weighted by molar-refractivity contribution is -0.164. The number of hydrogen-bond acceptors (Lipinski definition) is 8. The van der Waals surface area contributed by atoms with E-state index in [0.29, 0.717) is 11.1 Å². The summed E-state index contributed by atoms with van der Waals surface area (Å²) < 4.78 is 78.3. The quantitative estimate of drug-likeness (QED) is 0.0800. The Morgan fingerprint density at radius 3 is 2.41 bits per heavy atom. The van der Waals surface area contributed by atoms with Crippen molar-refractivity contribution in [2.45, 2.75) is 64.3 Å². The van der Waals surface area contributed by atoms with Gasteiger partial charge in [-0.05, 0) is 71.6 Å². The van der Waals surface area contributed by atoms with Gasteiger partial charge in [0.25, 0.3) is 5.91 Å². The van der Waals surface area contributed by atoms with Crippen molar-refractivity contribution < 1.29 is 36.3 Å². The number of alkyl halides is 5. The Hall–Kier alpha value is -4.64. The van der Waals surface area contributed by atoms with E-state index in [9.17, 15) is 31.5 Å². The van der Waals surface area contributed by atoms with Gasteiger partial charge in [0.15, 0.2) is 11.8 Å². The van der Waals surface area contributed by atoms with Crippen LogP contribution in [0, 0.1) is 10.8 Å². The van der Waals surface area contributed by atoms with Gasteiger partial charge in [-0.2, -0.15) is 31.7 Å². The van der Waals surface area contributed by atoms with Crippen molar-refractivity contribution in [2.75, 3.05) is 13.2 Å². The molecule has 2 aromatic heterocycles. The van der Waals surface area contributed by atoms with Crippen LogP contribution in [0.1, 0.15) is 68.5 Å². The van der Waals surface area contributed by atoms with Crippen molar-refractivity contribution in [3.63, 3.8) is 0 Å². The molecular weight excluding hydrogens is 719 g/mol. The van der Waals surface area contributed by atoms with Gasteiger partial charge in [-0.15, -0.1) is 0 Å². The normalized spacial score (nSPS) is 14.5. The Morgan fingerprint density at radius 2 is 1.82 bits per heavy atom. The topological polar surface area (TPSA) is 138 Å². The van der Waals surface area contributed by atoms with Crippen LogP contribution in [0.4, 0.5) is 26.7 Å². The Kier molecular flexibility index (Phi) is 11.0. The molecule has 18 heteroatoms. The van der Waals surface area contributed by atoms with Crippen molar-refractivity contribution in [3.8, 4) is 22.5 Å². The van der Waals surface area contributed by atoms with Gasteiger partial charge in [-0.1, -0.05) is 50.6 Å². The minimum atomic E-state index is -4.72. The van der Waals surface area contributed by atoms with Crippen LogP contribution in [0.3, 0.4) is 0 Å². The van der Waals surface area contributed by atoms with Crippen molar-refractivity contribution in [3.05, 3.63) is 76.5 Å². The number of benzene rings is 2. The number of carbonyl (C=O) groups is 2. The van der Waals surface area contributed by atoms with Gasteiger partial charge in [0.05, 0.1) is 11.1 Å². The first-order chi connectivity index (χ1) is 24.0. The molecule has 5 rings (SSSR count). The molecule has 3 N–H and O–H groups in total. The molecule has 4 aromatic rings. The highest BCUT2D eigenvalue weighted by Crippen LogP contribution is 2.49. The number of ether oxygens (including phenoxy) is 1. The number of halogens is 6. The lowest BCUT2D eigenvalue weighted by atomic mass is 9.92. The van der Waals surface area contributed by atoms with Crippen LogP contribution in [-0.4, -0.2) is 66.9 Å². The minimum Gasteiger partial charge on any atom is -0.447 e. The molecule has 0 bridgehead atoms. The monoisotopic (exact) mass is 752 g/mol. The van der Waals surface area contributed by atoms with Crippen LogP contribution < -0.4 is 10.6 Å². The number of aromatic nitrogens is 4. The first kappa shape index (κ1) is 37.6. The van der Waals surface area contributed by atoms with E-state index in [1.165, 1.54) is 41.9 Å². The summed E-state index contributed by atoms with van der Waals surface area (Å²) in [7, 11) is 0. The van der Waals surface area contributed by atoms with Gasteiger partial charge in [0.2, 0.25) is 0 Å². The molecule has 11 nitrogen and oxygen atoms in total. The van der Waals surface area contributed by atoms with E-state index in [4.69, 9.17) is 21.7 Å². The summed E-state index contributed by atoms with van der Waals surface area (Å²) in [6, 6.07) is 9.16. The van der Waals surface area contributed by atoms with Crippen LogP contribution in [0.25, 0.3) is 22.5 Å². The van der Waals surface area contributed by atoms with Gasteiger partial charge >= 0.3 is 18.8 Å². The summed E-state index contributed by atoms with van der Waals surface area (Å²) in [6.45, 7) is 2.39. The maximum Gasteiger partial charge on any atom is 0.411 e. The van der Waals surface area contributed by atoms with E-state index >= 15 is 0 Å². The van der Waals surface area contributed by atoms with E-state index in [-0.39, 0.29) is 52.3 Å². The summed E-state index contributed by atoms with van der Waals surface area (Å²) >= 11 is 7.67. The summed E-state index contributed by atoms with van der Waals surface area (Å²) in [5, 5.41) is 19.2. The summed E-state index contributed by atoms with van der Waals surface area (Å²) in [6.07, 6.45) is -3.62. The molecule has 0 radical (unpaired) electrons.